The molecule has 0 aliphatic rings. The molecule has 0 aliphatic heterocycles. The van der Waals surface area contributed by atoms with Crippen molar-refractivity contribution in [2.45, 2.75) is 58.7 Å². The third-order valence-corrected chi connectivity index (χ3v) is 5.50. The summed E-state index contributed by atoms with van der Waals surface area (Å²) >= 11 is 0. The minimum absolute atomic E-state index is 0.0695. The van der Waals surface area contributed by atoms with Gasteiger partial charge in [0.25, 0.3) is 0 Å². The zero-order valence-electron chi connectivity index (χ0n) is 19.2. The molecule has 0 saturated carbocycles. The highest BCUT2D eigenvalue weighted by atomic mass is 16.5. The number of rotatable bonds is 9. The highest BCUT2D eigenvalue weighted by molar-refractivity contribution is 6.00. The van der Waals surface area contributed by atoms with E-state index >= 15 is 0 Å². The van der Waals surface area contributed by atoms with Crippen LogP contribution in [-0.4, -0.2) is 24.1 Å². The first kappa shape index (κ1) is 24.0. The lowest BCUT2D eigenvalue weighted by Crippen LogP contribution is -2.51. The number of fused-ring (bicyclic) bond motifs is 1. The van der Waals surface area contributed by atoms with Crippen molar-refractivity contribution in [3.05, 3.63) is 76.6 Å². The first-order valence-corrected chi connectivity index (χ1v) is 11.3. The van der Waals surface area contributed by atoms with Crippen LogP contribution in [0, 0.1) is 0 Å². The lowest BCUT2D eigenvalue weighted by molar-refractivity contribution is -0.120. The largest absolute Gasteiger partial charge is 0.445 e. The molecule has 0 radical (unpaired) electrons. The molecule has 174 valence electrons. The van der Waals surface area contributed by atoms with E-state index in [1.807, 2.05) is 49.4 Å². The average molecular weight is 451 g/mol. The Balaban J connectivity index is 1.80. The highest BCUT2D eigenvalue weighted by Crippen LogP contribution is 2.26. The number of hydrogen-bond acceptors (Lipinski definition) is 5. The number of carbonyl (C=O) groups is 2. The van der Waals surface area contributed by atoms with Crippen molar-refractivity contribution in [1.82, 2.24) is 5.32 Å². The van der Waals surface area contributed by atoms with Crippen LogP contribution in [0.5, 0.6) is 0 Å². The molecule has 3 rings (SSSR count). The molecule has 3 aromatic rings. The Kier molecular flexibility index (Phi) is 8.24. The molecule has 0 saturated heterocycles. The van der Waals surface area contributed by atoms with Crippen LogP contribution in [0.25, 0.3) is 11.0 Å². The lowest BCUT2D eigenvalue weighted by Gasteiger charge is -2.33. The van der Waals surface area contributed by atoms with Gasteiger partial charge in [-0.25, -0.2) is 9.59 Å². The standard InChI is InChI=1S/C26H30N2O5/c1-4-9-21(5-2)28(22-14-12-20-13-15-24(29)33-23(20)16-22)25(30)18(3)27-26(31)32-17-19-10-7-6-8-11-19/h6-8,10-16,18,21H,4-5,9,17H2,1-3H3,(H,27,31)/t18-,21?/m0/s1. The van der Waals surface area contributed by atoms with Crippen LogP contribution in [0.4, 0.5) is 10.5 Å². The molecule has 1 unspecified atom stereocenters. The molecule has 7 heteroatoms. The van der Waals surface area contributed by atoms with Gasteiger partial charge in [0.1, 0.15) is 18.2 Å². The summed E-state index contributed by atoms with van der Waals surface area (Å²) in [7, 11) is 0. The Hall–Kier alpha value is -3.61. The van der Waals surface area contributed by atoms with E-state index in [0.29, 0.717) is 11.3 Å². The first-order valence-electron chi connectivity index (χ1n) is 11.3. The van der Waals surface area contributed by atoms with Crippen LogP contribution in [0.1, 0.15) is 45.6 Å². The molecule has 1 aromatic heterocycles. The summed E-state index contributed by atoms with van der Waals surface area (Å²) in [6.07, 6.45) is 1.77. The zero-order chi connectivity index (χ0) is 23.8. The third-order valence-electron chi connectivity index (χ3n) is 5.50. The molecule has 1 N–H and O–H groups in total. The number of hydrogen-bond donors (Lipinski definition) is 1. The van der Waals surface area contributed by atoms with Crippen molar-refractivity contribution in [3.63, 3.8) is 0 Å². The van der Waals surface area contributed by atoms with E-state index in [0.717, 1.165) is 30.2 Å². The minimum atomic E-state index is -0.808. The van der Waals surface area contributed by atoms with Gasteiger partial charge in [0.05, 0.1) is 0 Å². The Morgan fingerprint density at radius 2 is 1.79 bits per heavy atom. The monoisotopic (exact) mass is 450 g/mol. The van der Waals surface area contributed by atoms with Gasteiger partial charge in [-0.2, -0.15) is 0 Å². The fraction of sp³-hybridized carbons (Fsp3) is 0.346. The number of nitrogens with zero attached hydrogens (tertiary/aromatic N) is 1. The molecule has 0 fully saturated rings. The molecule has 7 nitrogen and oxygen atoms in total. The van der Waals surface area contributed by atoms with E-state index in [1.54, 1.807) is 24.0 Å². The van der Waals surface area contributed by atoms with Gasteiger partial charge in [-0.3, -0.25) is 4.79 Å². The highest BCUT2D eigenvalue weighted by Gasteiger charge is 2.29. The number of alkyl carbamates (subject to hydrolysis) is 1. The Bertz CT molecular complexity index is 1140. The maximum atomic E-state index is 13.5. The summed E-state index contributed by atoms with van der Waals surface area (Å²) in [5.74, 6) is -0.260. The van der Waals surface area contributed by atoms with E-state index < -0.39 is 17.8 Å². The summed E-state index contributed by atoms with van der Waals surface area (Å²) in [5, 5.41) is 3.41. The molecule has 0 aliphatic carbocycles. The van der Waals surface area contributed by atoms with Crippen molar-refractivity contribution in [3.8, 4) is 0 Å². The van der Waals surface area contributed by atoms with Crippen molar-refractivity contribution in [2.75, 3.05) is 4.90 Å². The number of amides is 2. The second kappa shape index (κ2) is 11.3. The van der Waals surface area contributed by atoms with Gasteiger partial charge < -0.3 is 19.4 Å². The quantitative estimate of drug-likeness (QED) is 0.463. The van der Waals surface area contributed by atoms with Crippen LogP contribution in [0.15, 0.2) is 69.9 Å². The van der Waals surface area contributed by atoms with Crippen molar-refractivity contribution < 1.29 is 18.7 Å². The number of carbonyl (C=O) groups excluding carboxylic acids is 2. The molecular weight excluding hydrogens is 420 g/mol. The van der Waals surface area contributed by atoms with E-state index in [2.05, 4.69) is 12.2 Å². The van der Waals surface area contributed by atoms with Gasteiger partial charge in [0.2, 0.25) is 5.91 Å². The van der Waals surface area contributed by atoms with Crippen molar-refractivity contribution >= 4 is 28.7 Å². The van der Waals surface area contributed by atoms with Gasteiger partial charge in [0, 0.05) is 29.2 Å². The van der Waals surface area contributed by atoms with E-state index in [9.17, 15) is 14.4 Å². The van der Waals surface area contributed by atoms with Gasteiger partial charge in [-0.05, 0) is 43.5 Å². The molecule has 2 atom stereocenters. The Morgan fingerprint density at radius 3 is 2.48 bits per heavy atom. The molecule has 2 aromatic carbocycles. The molecular formula is C26H30N2O5. The number of benzene rings is 2. The Morgan fingerprint density at radius 1 is 1.06 bits per heavy atom. The molecule has 1 heterocycles. The SMILES string of the molecule is CCCC(CC)N(C(=O)[C@H](C)NC(=O)OCc1ccccc1)c1ccc2ccc(=O)oc2c1. The third kappa shape index (κ3) is 6.22. The normalized spacial score (nSPS) is 12.7. The maximum Gasteiger partial charge on any atom is 0.408 e. The van der Waals surface area contributed by atoms with Crippen molar-refractivity contribution in [2.24, 2.45) is 0 Å². The van der Waals surface area contributed by atoms with Crippen LogP contribution in [0.3, 0.4) is 0 Å². The summed E-state index contributed by atoms with van der Waals surface area (Å²) in [5.41, 5.74) is 1.44. The fourth-order valence-corrected chi connectivity index (χ4v) is 3.78. The molecule has 0 spiro atoms. The van der Waals surface area contributed by atoms with Crippen LogP contribution >= 0.6 is 0 Å². The van der Waals surface area contributed by atoms with Gasteiger partial charge >= 0.3 is 11.7 Å². The van der Waals surface area contributed by atoms with Gasteiger partial charge in [-0.15, -0.1) is 0 Å². The van der Waals surface area contributed by atoms with Crippen molar-refractivity contribution in [1.29, 1.82) is 0 Å². The summed E-state index contributed by atoms with van der Waals surface area (Å²) in [4.78, 5) is 39.2. The fourth-order valence-electron chi connectivity index (χ4n) is 3.78. The molecule has 0 bridgehead atoms. The first-order chi connectivity index (χ1) is 15.9. The number of ether oxygens (including phenoxy) is 1. The predicted molar refractivity (Wildman–Crippen MR) is 128 cm³/mol. The summed E-state index contributed by atoms with van der Waals surface area (Å²) < 4.78 is 10.6. The summed E-state index contributed by atoms with van der Waals surface area (Å²) in [6.45, 7) is 5.84. The second-order valence-corrected chi connectivity index (χ2v) is 7.96. The minimum Gasteiger partial charge on any atom is -0.445 e. The van der Waals surface area contributed by atoms with Crippen LogP contribution in [0.2, 0.25) is 0 Å². The second-order valence-electron chi connectivity index (χ2n) is 7.96. The number of anilines is 1. The van der Waals surface area contributed by atoms with Gasteiger partial charge in [0.15, 0.2) is 0 Å². The maximum absolute atomic E-state index is 13.5. The molecule has 33 heavy (non-hydrogen) atoms. The Labute approximate surface area is 193 Å². The van der Waals surface area contributed by atoms with E-state index in [1.165, 1.54) is 6.07 Å². The van der Waals surface area contributed by atoms with Gasteiger partial charge in [-0.1, -0.05) is 50.6 Å². The van der Waals surface area contributed by atoms with E-state index in [-0.39, 0.29) is 18.6 Å². The predicted octanol–water partition coefficient (Wildman–Crippen LogP) is 5.02. The van der Waals surface area contributed by atoms with Crippen LogP contribution in [-0.2, 0) is 16.1 Å². The molecule has 2 amide bonds. The lowest BCUT2D eigenvalue weighted by atomic mass is 10.0. The summed E-state index contributed by atoms with van der Waals surface area (Å²) in [6, 6.07) is 16.9. The average Bonchev–Trinajstić information content (AvgIpc) is 2.82. The smallest absolute Gasteiger partial charge is 0.408 e. The van der Waals surface area contributed by atoms with Crippen LogP contribution < -0.4 is 15.8 Å². The topological polar surface area (TPSA) is 88.9 Å². The van der Waals surface area contributed by atoms with E-state index in [4.69, 9.17) is 9.15 Å². The zero-order valence-corrected chi connectivity index (χ0v) is 19.2. The number of nitrogens with one attached hydrogen (secondary N) is 1.